The molecule has 0 saturated carbocycles. The lowest BCUT2D eigenvalue weighted by Crippen LogP contribution is -2.48. The molecule has 0 fully saturated rings. The average Bonchev–Trinajstić information content (AvgIpc) is 2.94. The number of carbonyl (C=O) groups is 2. The standard InChI is InChI=1S/C30H44N4O7S/c1-21-18-34(22(2)20-35)29(36)26-17-25(32-42(5,38)39)14-15-27(26)41-23(3)11-9-10-16-40-28(21)19-33(4)30(37)31-24-12-7-6-8-13-24/h6-8,12-15,17,21-23,28,32,35H,9-11,16,18-20H2,1-5H3,(H,31,37)/t21-,22+,23-,28-/m1/s1. The molecule has 3 amide bonds. The molecule has 1 heterocycles. The monoisotopic (exact) mass is 604 g/mol. The van der Waals surface area contributed by atoms with E-state index in [1.165, 1.54) is 6.07 Å². The molecule has 0 bridgehead atoms. The molecule has 0 aliphatic carbocycles. The Labute approximate surface area is 249 Å². The predicted molar refractivity (Wildman–Crippen MR) is 163 cm³/mol. The molecule has 3 rings (SSSR count). The van der Waals surface area contributed by atoms with E-state index in [1.807, 2.05) is 44.2 Å². The Hall–Kier alpha value is -3.35. The highest BCUT2D eigenvalue weighted by Gasteiger charge is 2.31. The summed E-state index contributed by atoms with van der Waals surface area (Å²) in [5, 5.41) is 13.0. The Kier molecular flexibility index (Phi) is 12.0. The highest BCUT2D eigenvalue weighted by Crippen LogP contribution is 2.29. The van der Waals surface area contributed by atoms with Crippen molar-refractivity contribution in [2.45, 2.75) is 58.3 Å². The van der Waals surface area contributed by atoms with E-state index < -0.39 is 28.1 Å². The summed E-state index contributed by atoms with van der Waals surface area (Å²) < 4.78 is 38.7. The number of aliphatic hydroxyl groups is 1. The smallest absolute Gasteiger partial charge is 0.321 e. The number of amides is 3. The second-order valence-electron chi connectivity index (χ2n) is 11.1. The highest BCUT2D eigenvalue weighted by molar-refractivity contribution is 7.92. The van der Waals surface area contributed by atoms with E-state index in [9.17, 15) is 23.1 Å². The Morgan fingerprint density at radius 3 is 2.52 bits per heavy atom. The van der Waals surface area contributed by atoms with Gasteiger partial charge in [-0.05, 0) is 63.4 Å². The molecule has 4 atom stereocenters. The molecule has 1 aliphatic rings. The zero-order valence-electron chi connectivity index (χ0n) is 25.1. The van der Waals surface area contributed by atoms with Crippen LogP contribution in [0.1, 0.15) is 50.4 Å². The molecule has 0 spiro atoms. The number of anilines is 2. The van der Waals surface area contributed by atoms with Gasteiger partial charge in [-0.1, -0.05) is 25.1 Å². The number of nitrogens with zero attached hydrogens (tertiary/aromatic N) is 2. The zero-order chi connectivity index (χ0) is 30.9. The van der Waals surface area contributed by atoms with Gasteiger partial charge in [-0.15, -0.1) is 0 Å². The maximum absolute atomic E-state index is 14.1. The number of likely N-dealkylation sites (N-methyl/N-ethyl adjacent to an activating group) is 1. The molecule has 0 unspecified atom stereocenters. The van der Waals surface area contributed by atoms with E-state index in [0.717, 1.165) is 25.5 Å². The van der Waals surface area contributed by atoms with Crippen LogP contribution in [0.25, 0.3) is 0 Å². The lowest BCUT2D eigenvalue weighted by molar-refractivity contribution is -0.0115. The van der Waals surface area contributed by atoms with Gasteiger partial charge in [0.05, 0.1) is 36.7 Å². The van der Waals surface area contributed by atoms with Gasteiger partial charge in [-0.2, -0.15) is 0 Å². The Bertz CT molecular complexity index is 1290. The van der Waals surface area contributed by atoms with Gasteiger partial charge in [-0.3, -0.25) is 9.52 Å². The number of fused-ring (bicyclic) bond motifs is 1. The fourth-order valence-corrected chi connectivity index (χ4v) is 5.31. The molecule has 12 heteroatoms. The summed E-state index contributed by atoms with van der Waals surface area (Å²) >= 11 is 0. The largest absolute Gasteiger partial charge is 0.490 e. The summed E-state index contributed by atoms with van der Waals surface area (Å²) in [7, 11) is -1.88. The van der Waals surface area contributed by atoms with Crippen LogP contribution < -0.4 is 14.8 Å². The second-order valence-corrected chi connectivity index (χ2v) is 12.8. The van der Waals surface area contributed by atoms with Crippen molar-refractivity contribution < 1.29 is 32.6 Å². The molecule has 0 saturated heterocycles. The number of nitrogens with one attached hydrogen (secondary N) is 2. The summed E-state index contributed by atoms with van der Waals surface area (Å²) in [6.45, 7) is 6.32. The van der Waals surface area contributed by atoms with Crippen LogP contribution in [-0.4, -0.2) is 93.1 Å². The van der Waals surface area contributed by atoms with Gasteiger partial charge in [0.25, 0.3) is 5.91 Å². The average molecular weight is 605 g/mol. The first kappa shape index (κ1) is 33.2. The first-order valence-electron chi connectivity index (χ1n) is 14.3. The van der Waals surface area contributed by atoms with Crippen molar-refractivity contribution in [2.24, 2.45) is 5.92 Å². The quantitative estimate of drug-likeness (QED) is 0.434. The van der Waals surface area contributed by atoms with Gasteiger partial charge in [0.2, 0.25) is 10.0 Å². The Morgan fingerprint density at radius 2 is 1.86 bits per heavy atom. The van der Waals surface area contributed by atoms with E-state index in [4.69, 9.17) is 9.47 Å². The van der Waals surface area contributed by atoms with E-state index in [-0.39, 0.29) is 49.0 Å². The van der Waals surface area contributed by atoms with Crippen LogP contribution in [0, 0.1) is 5.92 Å². The van der Waals surface area contributed by atoms with Crippen LogP contribution >= 0.6 is 0 Å². The van der Waals surface area contributed by atoms with Crippen LogP contribution in [0.5, 0.6) is 5.75 Å². The highest BCUT2D eigenvalue weighted by atomic mass is 32.2. The van der Waals surface area contributed by atoms with E-state index in [0.29, 0.717) is 18.0 Å². The number of aliphatic hydroxyl groups excluding tert-OH is 1. The van der Waals surface area contributed by atoms with Crippen LogP contribution in [0.15, 0.2) is 48.5 Å². The summed E-state index contributed by atoms with van der Waals surface area (Å²) in [6.07, 6.45) is 2.77. The fourth-order valence-electron chi connectivity index (χ4n) is 4.76. The molecule has 1 aliphatic heterocycles. The SMILES string of the molecule is C[C@@H]1CCCCO[C@H](CN(C)C(=O)Nc2ccccc2)[C@H](C)CN([C@@H](C)CO)C(=O)c2cc(NS(C)(=O)=O)ccc2O1. The van der Waals surface area contributed by atoms with Gasteiger partial charge in [0.15, 0.2) is 0 Å². The molecule has 11 nitrogen and oxygen atoms in total. The third kappa shape index (κ3) is 9.88. The van der Waals surface area contributed by atoms with Gasteiger partial charge in [0.1, 0.15) is 5.75 Å². The molecule has 0 radical (unpaired) electrons. The minimum atomic E-state index is -3.58. The maximum atomic E-state index is 14.1. The lowest BCUT2D eigenvalue weighted by Gasteiger charge is -2.35. The molecule has 2 aromatic carbocycles. The van der Waals surface area contributed by atoms with Gasteiger partial charge < -0.3 is 29.7 Å². The maximum Gasteiger partial charge on any atom is 0.321 e. The van der Waals surface area contributed by atoms with Gasteiger partial charge in [-0.25, -0.2) is 13.2 Å². The van der Waals surface area contributed by atoms with Crippen LogP contribution in [-0.2, 0) is 14.8 Å². The van der Waals surface area contributed by atoms with E-state index in [1.54, 1.807) is 35.9 Å². The number of sulfonamides is 1. The molecular weight excluding hydrogens is 560 g/mol. The summed E-state index contributed by atoms with van der Waals surface area (Å²) in [5.74, 6) is -0.288. The third-order valence-corrected chi connectivity index (χ3v) is 7.79. The number of carbonyl (C=O) groups excluding carboxylic acids is 2. The van der Waals surface area contributed by atoms with Crippen molar-refractivity contribution in [3.05, 3.63) is 54.1 Å². The molecule has 0 aromatic heterocycles. The molecular formula is C30H44N4O7S. The Balaban J connectivity index is 1.91. The predicted octanol–water partition coefficient (Wildman–Crippen LogP) is 4.02. The summed E-state index contributed by atoms with van der Waals surface area (Å²) in [6, 6.07) is 13.0. The van der Waals surface area contributed by atoms with E-state index >= 15 is 0 Å². The normalized spacial score (nSPS) is 21.3. The number of rotatable bonds is 7. The van der Waals surface area contributed by atoms with Crippen molar-refractivity contribution in [1.82, 2.24) is 9.80 Å². The third-order valence-electron chi connectivity index (χ3n) is 7.18. The zero-order valence-corrected chi connectivity index (χ0v) is 25.9. The topological polar surface area (TPSA) is 138 Å². The number of ether oxygens (including phenoxy) is 2. The summed E-state index contributed by atoms with van der Waals surface area (Å²) in [5.41, 5.74) is 1.11. The van der Waals surface area contributed by atoms with E-state index in [2.05, 4.69) is 10.0 Å². The van der Waals surface area contributed by atoms with Crippen LogP contribution in [0.2, 0.25) is 0 Å². The second kappa shape index (κ2) is 15.2. The number of benzene rings is 2. The first-order valence-corrected chi connectivity index (χ1v) is 16.2. The van der Waals surface area contributed by atoms with Crippen LogP contribution in [0.4, 0.5) is 16.2 Å². The van der Waals surface area contributed by atoms with Gasteiger partial charge >= 0.3 is 6.03 Å². The van der Waals surface area contributed by atoms with Crippen molar-refractivity contribution in [1.29, 1.82) is 0 Å². The first-order chi connectivity index (χ1) is 19.9. The van der Waals surface area contributed by atoms with Crippen molar-refractivity contribution in [3.8, 4) is 5.75 Å². The molecule has 2 aromatic rings. The number of para-hydroxylation sites is 1. The van der Waals surface area contributed by atoms with Crippen molar-refractivity contribution in [2.75, 3.05) is 49.6 Å². The fraction of sp³-hybridized carbons (Fsp3) is 0.533. The molecule has 42 heavy (non-hydrogen) atoms. The van der Waals surface area contributed by atoms with Crippen LogP contribution in [0.3, 0.4) is 0 Å². The molecule has 232 valence electrons. The number of hydrogen-bond acceptors (Lipinski definition) is 7. The van der Waals surface area contributed by atoms with Gasteiger partial charge in [0, 0.05) is 44.0 Å². The minimum Gasteiger partial charge on any atom is -0.490 e. The molecule has 3 N–H and O–H groups in total. The number of hydrogen-bond donors (Lipinski definition) is 3. The minimum absolute atomic E-state index is 0.192. The Morgan fingerprint density at radius 1 is 1.14 bits per heavy atom. The van der Waals surface area contributed by atoms with Crippen molar-refractivity contribution >= 4 is 33.3 Å². The lowest BCUT2D eigenvalue weighted by atomic mass is 10.0. The number of urea groups is 1. The summed E-state index contributed by atoms with van der Waals surface area (Å²) in [4.78, 5) is 30.1. The van der Waals surface area contributed by atoms with Crippen molar-refractivity contribution in [3.63, 3.8) is 0 Å².